The van der Waals surface area contributed by atoms with E-state index in [0.29, 0.717) is 10.7 Å². The summed E-state index contributed by atoms with van der Waals surface area (Å²) in [5.74, 6) is -0.392. The van der Waals surface area contributed by atoms with Crippen LogP contribution in [0.3, 0.4) is 0 Å². The van der Waals surface area contributed by atoms with Crippen LogP contribution in [0, 0.1) is 0 Å². The van der Waals surface area contributed by atoms with Gasteiger partial charge in [0.15, 0.2) is 0 Å². The van der Waals surface area contributed by atoms with Crippen LogP contribution >= 0.6 is 23.2 Å². The van der Waals surface area contributed by atoms with Crippen LogP contribution in [0.5, 0.6) is 0 Å². The van der Waals surface area contributed by atoms with Crippen LogP contribution in [0.2, 0.25) is 10.0 Å². The zero-order valence-electron chi connectivity index (χ0n) is 12.3. The number of anilines is 2. The molecule has 128 valence electrons. The maximum absolute atomic E-state index is 12.9. The lowest BCUT2D eigenvalue weighted by molar-refractivity contribution is -0.137. The molecular weight excluding hydrogens is 364 g/mol. The number of carbonyl (C=O) groups is 1. The Balaban J connectivity index is 1.93. The van der Waals surface area contributed by atoms with E-state index in [2.05, 4.69) is 10.6 Å². The molecule has 0 bridgehead atoms. The van der Waals surface area contributed by atoms with Crippen molar-refractivity contribution in [3.63, 3.8) is 0 Å². The van der Waals surface area contributed by atoms with E-state index in [4.69, 9.17) is 23.2 Å². The molecule has 8 heteroatoms. The Hall–Kier alpha value is -1.92. The van der Waals surface area contributed by atoms with Crippen LogP contribution in [0.25, 0.3) is 0 Å². The minimum atomic E-state index is -4.46. The van der Waals surface area contributed by atoms with Crippen LogP contribution < -0.4 is 10.6 Å². The molecule has 0 atom stereocenters. The molecule has 3 nitrogen and oxygen atoms in total. The average molecular weight is 377 g/mol. The number of halogens is 5. The Morgan fingerprint density at radius 1 is 1.00 bits per heavy atom. The van der Waals surface area contributed by atoms with Crippen molar-refractivity contribution in [2.24, 2.45) is 0 Å². The Labute approximate surface area is 146 Å². The van der Waals surface area contributed by atoms with Gasteiger partial charge >= 0.3 is 6.18 Å². The molecule has 0 aliphatic rings. The number of nitrogens with one attached hydrogen (secondary N) is 2. The van der Waals surface area contributed by atoms with Gasteiger partial charge in [0.2, 0.25) is 5.91 Å². The number of amides is 1. The van der Waals surface area contributed by atoms with E-state index in [1.165, 1.54) is 18.2 Å². The van der Waals surface area contributed by atoms with Gasteiger partial charge in [0, 0.05) is 18.7 Å². The van der Waals surface area contributed by atoms with E-state index in [1.54, 1.807) is 18.2 Å². The Morgan fingerprint density at radius 3 is 2.38 bits per heavy atom. The summed E-state index contributed by atoms with van der Waals surface area (Å²) in [6.45, 7) is 0.0388. The summed E-state index contributed by atoms with van der Waals surface area (Å²) in [6.07, 6.45) is -4.49. The molecule has 0 unspecified atom stereocenters. The van der Waals surface area contributed by atoms with Crippen LogP contribution in [-0.2, 0) is 11.0 Å². The quantitative estimate of drug-likeness (QED) is 0.727. The van der Waals surface area contributed by atoms with Crippen molar-refractivity contribution in [1.29, 1.82) is 0 Å². The lowest BCUT2D eigenvalue weighted by Crippen LogP contribution is -2.18. The third-order valence-corrected chi connectivity index (χ3v) is 3.94. The molecule has 0 aliphatic carbocycles. The molecule has 0 saturated heterocycles. The number of hydrogen-bond acceptors (Lipinski definition) is 2. The van der Waals surface area contributed by atoms with Gasteiger partial charge in [-0.25, -0.2) is 0 Å². The number of carbonyl (C=O) groups excluding carboxylic acids is 1. The zero-order valence-corrected chi connectivity index (χ0v) is 13.8. The SMILES string of the molecule is O=C(CCNc1ccccc1C(F)(F)F)Nc1cccc(Cl)c1Cl. The predicted molar refractivity (Wildman–Crippen MR) is 89.6 cm³/mol. The molecule has 2 N–H and O–H groups in total. The van der Waals surface area contributed by atoms with Crippen LogP contribution in [0.4, 0.5) is 24.5 Å². The van der Waals surface area contributed by atoms with Crippen molar-refractivity contribution in [2.75, 3.05) is 17.2 Å². The van der Waals surface area contributed by atoms with Gasteiger partial charge in [0.05, 0.1) is 21.3 Å². The predicted octanol–water partition coefficient (Wildman–Crippen LogP) is 5.45. The first-order chi connectivity index (χ1) is 11.3. The molecule has 0 saturated carbocycles. The van der Waals surface area contributed by atoms with E-state index in [9.17, 15) is 18.0 Å². The fourth-order valence-corrected chi connectivity index (χ4v) is 2.36. The Kier molecular flexibility index (Phi) is 5.96. The summed E-state index contributed by atoms with van der Waals surface area (Å²) >= 11 is 11.8. The van der Waals surface area contributed by atoms with Gasteiger partial charge < -0.3 is 10.6 Å². The third kappa shape index (κ3) is 4.79. The van der Waals surface area contributed by atoms with E-state index < -0.39 is 17.6 Å². The number of alkyl halides is 3. The molecule has 2 aromatic carbocycles. The highest BCUT2D eigenvalue weighted by Crippen LogP contribution is 2.34. The maximum atomic E-state index is 12.9. The van der Waals surface area contributed by atoms with Crippen molar-refractivity contribution in [3.05, 3.63) is 58.1 Å². The highest BCUT2D eigenvalue weighted by Gasteiger charge is 2.33. The smallest absolute Gasteiger partial charge is 0.384 e. The summed E-state index contributed by atoms with van der Waals surface area (Å²) in [5.41, 5.74) is -0.494. The number of rotatable bonds is 5. The van der Waals surface area contributed by atoms with Crippen molar-refractivity contribution in [1.82, 2.24) is 0 Å². The van der Waals surface area contributed by atoms with Gasteiger partial charge in [0.1, 0.15) is 0 Å². The van der Waals surface area contributed by atoms with Crippen molar-refractivity contribution in [3.8, 4) is 0 Å². The molecule has 0 fully saturated rings. The fraction of sp³-hybridized carbons (Fsp3) is 0.188. The molecule has 1 amide bonds. The van der Waals surface area contributed by atoms with Crippen LogP contribution in [-0.4, -0.2) is 12.5 Å². The molecule has 24 heavy (non-hydrogen) atoms. The first-order valence-corrected chi connectivity index (χ1v) is 7.68. The zero-order chi connectivity index (χ0) is 17.7. The second-order valence-corrected chi connectivity index (χ2v) is 5.65. The lowest BCUT2D eigenvalue weighted by Gasteiger charge is -2.14. The largest absolute Gasteiger partial charge is 0.418 e. The number of hydrogen-bond donors (Lipinski definition) is 2. The van der Waals surface area contributed by atoms with Gasteiger partial charge in [-0.2, -0.15) is 13.2 Å². The first-order valence-electron chi connectivity index (χ1n) is 6.93. The monoisotopic (exact) mass is 376 g/mol. The average Bonchev–Trinajstić information content (AvgIpc) is 2.51. The molecule has 0 aromatic heterocycles. The maximum Gasteiger partial charge on any atom is 0.418 e. The van der Waals surface area contributed by atoms with E-state index in [1.807, 2.05) is 0 Å². The van der Waals surface area contributed by atoms with Gasteiger partial charge in [-0.3, -0.25) is 4.79 Å². The minimum absolute atomic E-state index is 0.0327. The third-order valence-electron chi connectivity index (χ3n) is 3.13. The molecule has 0 aliphatic heterocycles. The topological polar surface area (TPSA) is 41.1 Å². The summed E-state index contributed by atoms with van der Waals surface area (Å²) in [7, 11) is 0. The fourth-order valence-electron chi connectivity index (χ4n) is 2.01. The van der Waals surface area contributed by atoms with Gasteiger partial charge in [0.25, 0.3) is 0 Å². The second-order valence-electron chi connectivity index (χ2n) is 4.87. The highest BCUT2D eigenvalue weighted by molar-refractivity contribution is 6.43. The van der Waals surface area contributed by atoms with Crippen LogP contribution in [0.15, 0.2) is 42.5 Å². The van der Waals surface area contributed by atoms with E-state index >= 15 is 0 Å². The van der Waals surface area contributed by atoms with Crippen LogP contribution in [0.1, 0.15) is 12.0 Å². The molecule has 2 aromatic rings. The Morgan fingerprint density at radius 2 is 1.67 bits per heavy atom. The van der Waals surface area contributed by atoms with Crippen molar-refractivity contribution >= 4 is 40.5 Å². The van der Waals surface area contributed by atoms with Gasteiger partial charge in [-0.05, 0) is 24.3 Å². The van der Waals surface area contributed by atoms with Gasteiger partial charge in [-0.1, -0.05) is 41.4 Å². The summed E-state index contributed by atoms with van der Waals surface area (Å²) in [6, 6.07) is 9.88. The number of benzene rings is 2. The van der Waals surface area contributed by atoms with E-state index in [0.717, 1.165) is 6.07 Å². The van der Waals surface area contributed by atoms with Crippen molar-refractivity contribution < 1.29 is 18.0 Å². The molecule has 0 radical (unpaired) electrons. The molecule has 2 rings (SSSR count). The summed E-state index contributed by atoms with van der Waals surface area (Å²) in [5, 5.41) is 5.70. The summed E-state index contributed by atoms with van der Waals surface area (Å²) < 4.78 is 38.6. The molecule has 0 spiro atoms. The molecule has 0 heterocycles. The second kappa shape index (κ2) is 7.77. The number of para-hydroxylation sites is 1. The van der Waals surface area contributed by atoms with Crippen molar-refractivity contribution in [2.45, 2.75) is 12.6 Å². The Bertz CT molecular complexity index is 736. The lowest BCUT2D eigenvalue weighted by atomic mass is 10.1. The van der Waals surface area contributed by atoms with Gasteiger partial charge in [-0.15, -0.1) is 0 Å². The summed E-state index contributed by atoms with van der Waals surface area (Å²) in [4.78, 5) is 11.9. The first kappa shape index (κ1) is 18.4. The highest BCUT2D eigenvalue weighted by atomic mass is 35.5. The van der Waals surface area contributed by atoms with E-state index in [-0.39, 0.29) is 23.7 Å². The normalized spacial score (nSPS) is 11.2. The standard InChI is InChI=1S/C16H13Cl2F3N2O/c17-11-5-3-7-13(15(11)18)23-14(24)8-9-22-12-6-2-1-4-10(12)16(19,20)21/h1-7,22H,8-9H2,(H,23,24). The molecular formula is C16H13Cl2F3N2O. The minimum Gasteiger partial charge on any atom is -0.384 e.